The van der Waals surface area contributed by atoms with Crippen molar-refractivity contribution in [2.75, 3.05) is 23.3 Å². The highest BCUT2D eigenvalue weighted by atomic mass is 35.5. The average molecular weight is 478 g/mol. The summed E-state index contributed by atoms with van der Waals surface area (Å²) in [7, 11) is -3.37. The number of halogens is 1. The first-order valence-electron chi connectivity index (χ1n) is 10.7. The predicted octanol–water partition coefficient (Wildman–Crippen LogP) is 3.18. The molecular weight excluding hydrogens is 450 g/mol. The highest BCUT2D eigenvalue weighted by Gasteiger charge is 2.31. The van der Waals surface area contributed by atoms with E-state index in [4.69, 9.17) is 11.6 Å². The number of piperidine rings is 1. The number of nitrogens with one attached hydrogen (secondary N) is 2. The smallest absolute Gasteiger partial charge is 0.229 e. The first kappa shape index (κ1) is 23.0. The van der Waals surface area contributed by atoms with Gasteiger partial charge >= 0.3 is 0 Å². The summed E-state index contributed by atoms with van der Waals surface area (Å²) in [4.78, 5) is 11.0. The van der Waals surface area contributed by atoms with Crippen LogP contribution in [-0.2, 0) is 9.84 Å². The summed E-state index contributed by atoms with van der Waals surface area (Å²) in [5, 5.41) is 16.8. The molecule has 0 amide bonds. The third kappa shape index (κ3) is 4.34. The average Bonchev–Trinajstić information content (AvgIpc) is 2.76. The van der Waals surface area contributed by atoms with Crippen LogP contribution in [0.15, 0.2) is 34.3 Å². The number of hydrogen-bond acceptors (Lipinski definition) is 8. The molecule has 0 bridgehead atoms. The van der Waals surface area contributed by atoms with Crippen molar-refractivity contribution >= 4 is 45.0 Å². The number of aliphatic hydroxyl groups is 1. The normalized spacial score (nSPS) is 19.6. The van der Waals surface area contributed by atoms with Crippen LogP contribution in [0.4, 0.5) is 17.5 Å². The molecule has 2 aromatic rings. The number of anilines is 3. The van der Waals surface area contributed by atoms with E-state index < -0.39 is 16.1 Å². The fourth-order valence-corrected chi connectivity index (χ4v) is 6.18. The Labute approximate surface area is 193 Å². The van der Waals surface area contributed by atoms with Crippen LogP contribution in [0, 0.1) is 6.92 Å². The summed E-state index contributed by atoms with van der Waals surface area (Å²) in [5.41, 5.74) is 2.22. The molecular formula is C22H28ClN5O3S. The van der Waals surface area contributed by atoms with Crippen LogP contribution in [0.1, 0.15) is 37.8 Å². The van der Waals surface area contributed by atoms with Crippen molar-refractivity contribution in [3.8, 4) is 0 Å². The van der Waals surface area contributed by atoms with Crippen molar-refractivity contribution in [1.29, 1.82) is 0 Å². The van der Waals surface area contributed by atoms with Crippen molar-refractivity contribution < 1.29 is 13.5 Å². The van der Waals surface area contributed by atoms with Gasteiger partial charge in [-0.05, 0) is 76.5 Å². The largest absolute Gasteiger partial charge is 0.368 e. The zero-order chi connectivity index (χ0) is 23.0. The summed E-state index contributed by atoms with van der Waals surface area (Å²) in [5.74, 6) is 0.933. The van der Waals surface area contributed by atoms with Gasteiger partial charge in [-0.15, -0.1) is 0 Å². The molecule has 1 fully saturated rings. The molecule has 2 aliphatic heterocycles. The molecule has 1 unspecified atom stereocenters. The van der Waals surface area contributed by atoms with Crippen LogP contribution in [0.2, 0.25) is 0 Å². The monoisotopic (exact) mass is 477 g/mol. The first-order valence-corrected chi connectivity index (χ1v) is 12.6. The van der Waals surface area contributed by atoms with Gasteiger partial charge in [0.25, 0.3) is 0 Å². The van der Waals surface area contributed by atoms with E-state index in [1.807, 2.05) is 20.8 Å². The third-order valence-electron chi connectivity index (χ3n) is 5.90. The molecule has 2 aliphatic rings. The minimum Gasteiger partial charge on any atom is -0.368 e. The van der Waals surface area contributed by atoms with Crippen molar-refractivity contribution in [3.05, 3.63) is 40.6 Å². The molecule has 3 N–H and O–H groups in total. The van der Waals surface area contributed by atoms with Crippen LogP contribution < -0.4 is 15.5 Å². The van der Waals surface area contributed by atoms with Gasteiger partial charge < -0.3 is 20.6 Å². The summed E-state index contributed by atoms with van der Waals surface area (Å²) >= 11 is 6.18. The molecule has 8 nitrogen and oxygen atoms in total. The number of rotatable bonds is 5. The Morgan fingerprint density at radius 3 is 2.66 bits per heavy atom. The molecule has 1 aromatic heterocycles. The Kier molecular flexibility index (Phi) is 6.44. The van der Waals surface area contributed by atoms with Crippen molar-refractivity contribution in [2.24, 2.45) is 0 Å². The number of benzene rings is 1. The van der Waals surface area contributed by atoms with E-state index in [1.165, 1.54) is 0 Å². The second kappa shape index (κ2) is 8.97. The summed E-state index contributed by atoms with van der Waals surface area (Å²) in [6.45, 7) is 7.20. The third-order valence-corrected chi connectivity index (χ3v) is 8.46. The zero-order valence-electron chi connectivity index (χ0n) is 18.3. The predicted molar refractivity (Wildman–Crippen MR) is 127 cm³/mol. The van der Waals surface area contributed by atoms with Crippen molar-refractivity contribution in [3.63, 3.8) is 0 Å². The lowest BCUT2D eigenvalue weighted by Gasteiger charge is -2.36. The van der Waals surface area contributed by atoms with Gasteiger partial charge in [0.05, 0.1) is 15.2 Å². The Hall–Kier alpha value is -2.20. The number of nitrogens with zero attached hydrogens (tertiary/aromatic N) is 3. The molecule has 0 radical (unpaired) electrons. The number of sulfone groups is 1. The molecule has 0 spiro atoms. The van der Waals surface area contributed by atoms with E-state index in [-0.39, 0.29) is 11.3 Å². The maximum atomic E-state index is 13.0. The lowest BCUT2D eigenvalue weighted by atomic mass is 10.1. The topological polar surface area (TPSA) is 107 Å². The molecule has 1 saturated heterocycles. The standard InChI is InChI=1S/C22H28ClN5O3S/c1-13(2)28-20-15(11-18(23)21(28)29)12-25-22(27-20)26-19-5-4-17(10-14(19)3)32(30,31)16-6-8-24-9-7-16/h4-5,10-13,16,21,24,29H,6-9H2,1-3H3,(H,25,26,27). The molecule has 32 heavy (non-hydrogen) atoms. The van der Waals surface area contributed by atoms with Gasteiger partial charge in [0, 0.05) is 23.5 Å². The SMILES string of the molecule is Cc1cc(S(=O)(=O)C2CCNCC2)ccc1Nc1ncc2c(n1)N(C(C)C)C(O)C(Cl)=C2. The number of fused-ring (bicyclic) bond motifs is 1. The Balaban J connectivity index is 1.60. The lowest BCUT2D eigenvalue weighted by Crippen LogP contribution is -2.43. The second-order valence-corrected chi connectivity index (χ2v) is 11.1. The van der Waals surface area contributed by atoms with Crippen molar-refractivity contribution in [2.45, 2.75) is 56.0 Å². The maximum Gasteiger partial charge on any atom is 0.229 e. The zero-order valence-corrected chi connectivity index (χ0v) is 19.9. The van der Waals surface area contributed by atoms with Crippen molar-refractivity contribution in [1.82, 2.24) is 15.3 Å². The highest BCUT2D eigenvalue weighted by Crippen LogP contribution is 2.34. The molecule has 0 saturated carbocycles. The van der Waals surface area contributed by atoms with Gasteiger partial charge in [0.2, 0.25) is 5.95 Å². The van der Waals surface area contributed by atoms with Gasteiger partial charge in [-0.1, -0.05) is 11.6 Å². The number of aryl methyl sites for hydroxylation is 1. The van der Waals surface area contributed by atoms with E-state index in [9.17, 15) is 13.5 Å². The fourth-order valence-electron chi connectivity index (χ4n) is 4.12. The maximum absolute atomic E-state index is 13.0. The molecule has 1 aromatic carbocycles. The lowest BCUT2D eigenvalue weighted by molar-refractivity contribution is 0.202. The molecule has 10 heteroatoms. The van der Waals surface area contributed by atoms with E-state index in [0.29, 0.717) is 34.5 Å². The summed E-state index contributed by atoms with van der Waals surface area (Å²) in [6, 6.07) is 5.05. The van der Waals surface area contributed by atoms with Crippen LogP contribution in [-0.4, -0.2) is 54.1 Å². The molecule has 3 heterocycles. The Morgan fingerprint density at radius 1 is 1.28 bits per heavy atom. The number of hydrogen-bond donors (Lipinski definition) is 3. The molecule has 172 valence electrons. The second-order valence-electron chi connectivity index (χ2n) is 8.47. The van der Waals surface area contributed by atoms with Gasteiger partial charge in [-0.25, -0.2) is 13.4 Å². The molecule has 1 atom stereocenters. The van der Waals surface area contributed by atoms with E-state index >= 15 is 0 Å². The van der Waals surface area contributed by atoms with E-state index in [1.54, 1.807) is 35.4 Å². The molecule has 4 rings (SSSR count). The first-order chi connectivity index (χ1) is 15.2. The quantitative estimate of drug-likeness (QED) is 0.602. The number of aromatic nitrogens is 2. The van der Waals surface area contributed by atoms with Gasteiger partial charge in [-0.2, -0.15) is 4.98 Å². The van der Waals surface area contributed by atoms with Crippen LogP contribution >= 0.6 is 11.6 Å². The Morgan fingerprint density at radius 2 is 2.00 bits per heavy atom. The van der Waals surface area contributed by atoms with Crippen LogP contribution in [0.3, 0.4) is 0 Å². The summed E-state index contributed by atoms with van der Waals surface area (Å²) < 4.78 is 26.0. The summed E-state index contributed by atoms with van der Waals surface area (Å²) in [6.07, 6.45) is 3.60. The fraction of sp³-hybridized carbons (Fsp3) is 0.455. The van der Waals surface area contributed by atoms with Crippen LogP contribution in [0.25, 0.3) is 6.08 Å². The van der Waals surface area contributed by atoms with Gasteiger partial charge in [0.15, 0.2) is 16.1 Å². The minimum atomic E-state index is -3.37. The van der Waals surface area contributed by atoms with Crippen LogP contribution in [0.5, 0.6) is 0 Å². The van der Waals surface area contributed by atoms with E-state index in [2.05, 4.69) is 20.6 Å². The van der Waals surface area contributed by atoms with Gasteiger partial charge in [-0.3, -0.25) is 0 Å². The van der Waals surface area contributed by atoms with E-state index in [0.717, 1.165) is 29.9 Å². The number of aliphatic hydroxyl groups excluding tert-OH is 1. The minimum absolute atomic E-state index is 0.0323. The highest BCUT2D eigenvalue weighted by molar-refractivity contribution is 7.92. The molecule has 0 aliphatic carbocycles. The Bertz CT molecular complexity index is 1150. The van der Waals surface area contributed by atoms with Gasteiger partial charge in [0.1, 0.15) is 5.82 Å².